The minimum atomic E-state index is -2.86. The van der Waals surface area contributed by atoms with E-state index in [0.717, 1.165) is 13.1 Å². The van der Waals surface area contributed by atoms with Gasteiger partial charge in [0.1, 0.15) is 5.75 Å². The number of aliphatic hydroxyl groups excluding tert-OH is 1. The highest BCUT2D eigenvalue weighted by Crippen LogP contribution is 2.19. The van der Waals surface area contributed by atoms with Crippen molar-refractivity contribution in [1.82, 2.24) is 15.5 Å². The maximum absolute atomic E-state index is 12.2. The van der Waals surface area contributed by atoms with Gasteiger partial charge in [-0.2, -0.15) is 8.78 Å². The van der Waals surface area contributed by atoms with Crippen molar-refractivity contribution < 1.29 is 18.6 Å². The van der Waals surface area contributed by atoms with Crippen molar-refractivity contribution in [2.45, 2.75) is 59.4 Å². The minimum absolute atomic E-state index is 0. The Morgan fingerprint density at radius 2 is 1.69 bits per heavy atom. The molecule has 3 N–H and O–H groups in total. The molecule has 9 heteroatoms. The van der Waals surface area contributed by atoms with Crippen LogP contribution >= 0.6 is 24.0 Å². The molecule has 0 spiro atoms. The summed E-state index contributed by atoms with van der Waals surface area (Å²) in [6, 6.07) is 6.84. The molecular weight excluding hydrogens is 493 g/mol. The lowest BCUT2D eigenvalue weighted by molar-refractivity contribution is -0.0498. The van der Waals surface area contributed by atoms with Crippen LogP contribution < -0.4 is 15.4 Å². The van der Waals surface area contributed by atoms with Gasteiger partial charge in [-0.25, -0.2) is 0 Å². The quantitative estimate of drug-likeness (QED) is 0.233. The molecule has 1 aromatic carbocycles. The molecule has 1 rings (SSSR count). The van der Waals surface area contributed by atoms with E-state index in [-0.39, 0.29) is 36.3 Å². The predicted octanol–water partition coefficient (Wildman–Crippen LogP) is 3.61. The molecule has 0 aliphatic heterocycles. The van der Waals surface area contributed by atoms with Crippen LogP contribution in [0.4, 0.5) is 8.78 Å². The summed E-state index contributed by atoms with van der Waals surface area (Å²) in [5.41, 5.74) is 0.590. The zero-order valence-electron chi connectivity index (χ0n) is 17.9. The third kappa shape index (κ3) is 10.9. The fraction of sp³-hybridized carbons (Fsp3) is 0.650. The van der Waals surface area contributed by atoms with E-state index in [9.17, 15) is 13.9 Å². The first-order chi connectivity index (χ1) is 13.2. The number of aliphatic imine (C=N–C) groups is 1. The molecule has 0 fully saturated rings. The van der Waals surface area contributed by atoms with Crippen molar-refractivity contribution in [1.29, 1.82) is 0 Å². The molecule has 1 aromatic rings. The van der Waals surface area contributed by atoms with Crippen molar-refractivity contribution in [3.63, 3.8) is 0 Å². The summed E-state index contributed by atoms with van der Waals surface area (Å²) in [6.07, 6.45) is -0.834. The molecule has 1 unspecified atom stereocenters. The van der Waals surface area contributed by atoms with Crippen molar-refractivity contribution in [2.75, 3.05) is 26.2 Å². The topological polar surface area (TPSA) is 69.1 Å². The molecule has 0 radical (unpaired) electrons. The number of benzene rings is 1. The standard InChI is InChI=1S/C20H34F2N4O2.HI/c1-6-23-20(24-11-12-26(14(2)3)15(4)5)25-13-18(27)16-7-9-17(10-8-16)28-19(21)22;/h7-10,14-15,18-19,27H,6,11-13H2,1-5H3,(H2,23,24,25);1H. The Labute approximate surface area is 190 Å². The number of ether oxygens (including phenoxy) is 1. The van der Waals surface area contributed by atoms with E-state index in [4.69, 9.17) is 0 Å². The number of nitrogens with zero attached hydrogens (tertiary/aromatic N) is 2. The van der Waals surface area contributed by atoms with E-state index in [0.29, 0.717) is 30.2 Å². The van der Waals surface area contributed by atoms with Crippen LogP contribution in [-0.2, 0) is 0 Å². The number of rotatable bonds is 11. The Morgan fingerprint density at radius 3 is 2.17 bits per heavy atom. The Hall–Kier alpha value is -1.20. The average molecular weight is 528 g/mol. The van der Waals surface area contributed by atoms with Gasteiger partial charge in [-0.1, -0.05) is 12.1 Å². The molecule has 1 atom stereocenters. The maximum Gasteiger partial charge on any atom is 0.387 e. The van der Waals surface area contributed by atoms with Crippen molar-refractivity contribution in [3.05, 3.63) is 29.8 Å². The van der Waals surface area contributed by atoms with Gasteiger partial charge in [0.05, 0.1) is 12.6 Å². The van der Waals surface area contributed by atoms with Crippen molar-refractivity contribution in [3.8, 4) is 5.75 Å². The third-order valence-corrected chi connectivity index (χ3v) is 4.25. The molecular formula is C20H35F2IN4O2. The van der Waals surface area contributed by atoms with Crippen LogP contribution in [-0.4, -0.2) is 60.8 Å². The van der Waals surface area contributed by atoms with E-state index < -0.39 is 12.7 Å². The van der Waals surface area contributed by atoms with Gasteiger partial charge in [-0.05, 0) is 52.3 Å². The molecule has 0 aromatic heterocycles. The Kier molecular flexibility index (Phi) is 14.1. The van der Waals surface area contributed by atoms with Gasteiger partial charge in [-0.3, -0.25) is 9.89 Å². The number of hydrogen-bond acceptors (Lipinski definition) is 4. The van der Waals surface area contributed by atoms with Crippen LogP contribution in [0.1, 0.15) is 46.3 Å². The zero-order chi connectivity index (χ0) is 21.1. The highest BCUT2D eigenvalue weighted by atomic mass is 127. The van der Waals surface area contributed by atoms with Gasteiger partial charge >= 0.3 is 6.61 Å². The second-order valence-corrected chi connectivity index (χ2v) is 7.04. The van der Waals surface area contributed by atoms with Crippen molar-refractivity contribution in [2.24, 2.45) is 4.99 Å². The lowest BCUT2D eigenvalue weighted by Gasteiger charge is -2.30. The van der Waals surface area contributed by atoms with E-state index in [1.807, 2.05) is 6.92 Å². The molecule has 6 nitrogen and oxygen atoms in total. The van der Waals surface area contributed by atoms with Crippen molar-refractivity contribution >= 4 is 29.9 Å². The summed E-state index contributed by atoms with van der Waals surface area (Å²) in [5.74, 6) is 0.691. The summed E-state index contributed by atoms with van der Waals surface area (Å²) in [4.78, 5) is 6.81. The van der Waals surface area contributed by atoms with Crippen LogP contribution in [0.2, 0.25) is 0 Å². The number of alkyl halides is 2. The second kappa shape index (κ2) is 14.7. The van der Waals surface area contributed by atoms with Gasteiger partial charge in [-0.15, -0.1) is 24.0 Å². The molecule has 0 bridgehead atoms. The number of nitrogens with one attached hydrogen (secondary N) is 2. The van der Waals surface area contributed by atoms with Gasteiger partial charge in [0, 0.05) is 31.7 Å². The normalized spacial score (nSPS) is 13.0. The van der Waals surface area contributed by atoms with Gasteiger partial charge < -0.3 is 20.5 Å². The summed E-state index contributed by atoms with van der Waals surface area (Å²) in [6.45, 7) is 10.3. The second-order valence-electron chi connectivity index (χ2n) is 7.04. The fourth-order valence-corrected chi connectivity index (χ4v) is 2.91. The molecule has 29 heavy (non-hydrogen) atoms. The Bertz CT molecular complexity index is 578. The van der Waals surface area contributed by atoms with Crippen LogP contribution in [0.15, 0.2) is 29.3 Å². The summed E-state index contributed by atoms with van der Waals surface area (Å²) < 4.78 is 28.7. The average Bonchev–Trinajstić information content (AvgIpc) is 2.62. The molecule has 0 saturated carbocycles. The minimum Gasteiger partial charge on any atom is -0.435 e. The van der Waals surface area contributed by atoms with Gasteiger partial charge in [0.25, 0.3) is 0 Å². The highest BCUT2D eigenvalue weighted by Gasteiger charge is 2.13. The largest absolute Gasteiger partial charge is 0.435 e. The first kappa shape index (κ1) is 27.8. The molecule has 0 aliphatic carbocycles. The first-order valence-corrected chi connectivity index (χ1v) is 9.75. The molecule has 0 aliphatic rings. The lowest BCUT2D eigenvalue weighted by Crippen LogP contribution is -2.45. The van der Waals surface area contributed by atoms with E-state index in [1.165, 1.54) is 12.1 Å². The SMILES string of the molecule is CCNC(=NCC(O)c1ccc(OC(F)F)cc1)NCCN(C(C)C)C(C)C.I. The van der Waals surface area contributed by atoms with E-state index in [1.54, 1.807) is 12.1 Å². The number of halogens is 3. The van der Waals surface area contributed by atoms with E-state index >= 15 is 0 Å². The number of hydrogen-bond donors (Lipinski definition) is 3. The monoisotopic (exact) mass is 528 g/mol. The van der Waals surface area contributed by atoms with E-state index in [2.05, 4.69) is 53.0 Å². The van der Waals surface area contributed by atoms with Gasteiger partial charge in [0.15, 0.2) is 5.96 Å². The Balaban J connectivity index is 0.00000784. The Morgan fingerprint density at radius 1 is 1.10 bits per heavy atom. The first-order valence-electron chi connectivity index (χ1n) is 9.75. The number of guanidine groups is 1. The highest BCUT2D eigenvalue weighted by molar-refractivity contribution is 14.0. The predicted molar refractivity (Wildman–Crippen MR) is 124 cm³/mol. The summed E-state index contributed by atoms with van der Waals surface area (Å²) in [5, 5.41) is 16.7. The summed E-state index contributed by atoms with van der Waals surface area (Å²) in [7, 11) is 0. The van der Waals surface area contributed by atoms with Crippen LogP contribution in [0, 0.1) is 0 Å². The van der Waals surface area contributed by atoms with Gasteiger partial charge in [0.2, 0.25) is 0 Å². The third-order valence-electron chi connectivity index (χ3n) is 4.25. The summed E-state index contributed by atoms with van der Waals surface area (Å²) >= 11 is 0. The molecule has 0 saturated heterocycles. The fourth-order valence-electron chi connectivity index (χ4n) is 2.91. The maximum atomic E-state index is 12.2. The molecule has 168 valence electrons. The molecule has 0 heterocycles. The van der Waals surface area contributed by atoms with Crippen LogP contribution in [0.25, 0.3) is 0 Å². The number of aliphatic hydroxyl groups is 1. The zero-order valence-corrected chi connectivity index (χ0v) is 20.2. The van der Waals surface area contributed by atoms with Crippen LogP contribution in [0.5, 0.6) is 5.75 Å². The van der Waals surface area contributed by atoms with Crippen LogP contribution in [0.3, 0.4) is 0 Å². The smallest absolute Gasteiger partial charge is 0.387 e. The molecule has 0 amide bonds. The lowest BCUT2D eigenvalue weighted by atomic mass is 10.1.